The SMILES string of the molecule is CCc1cc(N(c2ccc(C)cc2)c2ccccc2C)c(CC)cc1N(C)c1ccccc1C. The normalized spacial score (nSPS) is 10.9. The summed E-state index contributed by atoms with van der Waals surface area (Å²) >= 11 is 0. The summed E-state index contributed by atoms with van der Waals surface area (Å²) in [4.78, 5) is 4.78. The van der Waals surface area contributed by atoms with Gasteiger partial charge in [-0.1, -0.05) is 67.9 Å². The fourth-order valence-corrected chi connectivity index (χ4v) is 4.74. The van der Waals surface area contributed by atoms with E-state index in [0.717, 1.165) is 12.8 Å². The lowest BCUT2D eigenvalue weighted by molar-refractivity contribution is 1.05. The number of hydrogen-bond acceptors (Lipinski definition) is 2. The van der Waals surface area contributed by atoms with Crippen molar-refractivity contribution >= 4 is 28.4 Å². The van der Waals surface area contributed by atoms with Gasteiger partial charge in [-0.25, -0.2) is 0 Å². The number of rotatable bonds is 7. The Labute approximate surface area is 205 Å². The molecule has 0 aliphatic rings. The van der Waals surface area contributed by atoms with Gasteiger partial charge in [-0.2, -0.15) is 0 Å². The van der Waals surface area contributed by atoms with Crippen molar-refractivity contribution in [3.8, 4) is 0 Å². The molecule has 0 aromatic heterocycles. The highest BCUT2D eigenvalue weighted by Gasteiger charge is 2.21. The van der Waals surface area contributed by atoms with Gasteiger partial charge in [0.15, 0.2) is 0 Å². The number of hydrogen-bond donors (Lipinski definition) is 0. The van der Waals surface area contributed by atoms with Crippen LogP contribution in [0.15, 0.2) is 84.9 Å². The van der Waals surface area contributed by atoms with Gasteiger partial charge in [0.05, 0.1) is 0 Å². The van der Waals surface area contributed by atoms with Crippen LogP contribution >= 0.6 is 0 Å². The molecule has 0 fully saturated rings. The summed E-state index contributed by atoms with van der Waals surface area (Å²) in [5.41, 5.74) is 12.7. The van der Waals surface area contributed by atoms with E-state index in [2.05, 4.69) is 136 Å². The molecule has 2 heteroatoms. The van der Waals surface area contributed by atoms with E-state index in [0.29, 0.717) is 0 Å². The third-order valence-electron chi connectivity index (χ3n) is 6.77. The van der Waals surface area contributed by atoms with E-state index < -0.39 is 0 Å². The Morgan fingerprint density at radius 1 is 0.559 bits per heavy atom. The van der Waals surface area contributed by atoms with Gasteiger partial charge in [-0.3, -0.25) is 0 Å². The molecule has 4 rings (SSSR count). The van der Waals surface area contributed by atoms with Gasteiger partial charge in [0.1, 0.15) is 0 Å². The minimum absolute atomic E-state index is 0.960. The molecule has 0 spiro atoms. The molecule has 174 valence electrons. The minimum atomic E-state index is 0.960. The zero-order chi connectivity index (χ0) is 24.2. The molecule has 0 aliphatic carbocycles. The third-order valence-corrected chi connectivity index (χ3v) is 6.77. The van der Waals surface area contributed by atoms with E-state index in [9.17, 15) is 0 Å². The second kappa shape index (κ2) is 10.2. The Balaban J connectivity index is 1.93. The molecule has 0 saturated heterocycles. The minimum Gasteiger partial charge on any atom is -0.344 e. The molecule has 0 saturated carbocycles. The summed E-state index contributed by atoms with van der Waals surface area (Å²) in [7, 11) is 2.19. The first-order valence-corrected chi connectivity index (χ1v) is 12.3. The monoisotopic (exact) mass is 448 g/mol. The van der Waals surface area contributed by atoms with Crippen molar-refractivity contribution < 1.29 is 0 Å². The fraction of sp³-hybridized carbons (Fsp3) is 0.250. The molecule has 4 aromatic carbocycles. The smallest absolute Gasteiger partial charge is 0.0497 e. The van der Waals surface area contributed by atoms with Gasteiger partial charge in [0.2, 0.25) is 0 Å². The zero-order valence-corrected chi connectivity index (χ0v) is 21.4. The second-order valence-electron chi connectivity index (χ2n) is 9.12. The summed E-state index contributed by atoms with van der Waals surface area (Å²) in [6.45, 7) is 11.0. The lowest BCUT2D eigenvalue weighted by atomic mass is 9.99. The van der Waals surface area contributed by atoms with Crippen molar-refractivity contribution in [3.63, 3.8) is 0 Å². The molecule has 0 bridgehead atoms. The van der Waals surface area contributed by atoms with Gasteiger partial charge in [-0.15, -0.1) is 0 Å². The first kappa shape index (κ1) is 23.6. The topological polar surface area (TPSA) is 6.48 Å². The molecule has 0 radical (unpaired) electrons. The van der Waals surface area contributed by atoms with Crippen LogP contribution in [0.25, 0.3) is 0 Å². The van der Waals surface area contributed by atoms with Crippen LogP contribution in [0.4, 0.5) is 28.4 Å². The van der Waals surface area contributed by atoms with Crippen molar-refractivity contribution in [3.05, 3.63) is 113 Å². The molecule has 0 atom stereocenters. The average molecular weight is 449 g/mol. The predicted molar refractivity (Wildman–Crippen MR) is 149 cm³/mol. The largest absolute Gasteiger partial charge is 0.344 e. The highest BCUT2D eigenvalue weighted by molar-refractivity contribution is 5.83. The molecule has 34 heavy (non-hydrogen) atoms. The van der Waals surface area contributed by atoms with Gasteiger partial charge in [-0.05, 0) is 92.3 Å². The van der Waals surface area contributed by atoms with Crippen molar-refractivity contribution in [2.24, 2.45) is 0 Å². The van der Waals surface area contributed by atoms with Crippen molar-refractivity contribution in [1.82, 2.24) is 0 Å². The quantitative estimate of drug-likeness (QED) is 0.278. The fourth-order valence-electron chi connectivity index (χ4n) is 4.74. The number of para-hydroxylation sites is 2. The van der Waals surface area contributed by atoms with Gasteiger partial charge in [0.25, 0.3) is 0 Å². The van der Waals surface area contributed by atoms with Crippen LogP contribution in [0.3, 0.4) is 0 Å². The van der Waals surface area contributed by atoms with Gasteiger partial charge < -0.3 is 9.80 Å². The van der Waals surface area contributed by atoms with Crippen LogP contribution < -0.4 is 9.80 Å². The summed E-state index contributed by atoms with van der Waals surface area (Å²) in [6.07, 6.45) is 1.93. The van der Waals surface area contributed by atoms with Crippen LogP contribution in [0.5, 0.6) is 0 Å². The van der Waals surface area contributed by atoms with Gasteiger partial charge >= 0.3 is 0 Å². The Morgan fingerprint density at radius 2 is 1.06 bits per heavy atom. The maximum Gasteiger partial charge on any atom is 0.0497 e. The molecular formula is C32H36N2. The Morgan fingerprint density at radius 3 is 1.62 bits per heavy atom. The Kier molecular flexibility index (Phi) is 7.07. The Bertz CT molecular complexity index is 1270. The van der Waals surface area contributed by atoms with Crippen molar-refractivity contribution in [2.45, 2.75) is 47.5 Å². The van der Waals surface area contributed by atoms with Crippen LogP contribution in [0.1, 0.15) is 41.7 Å². The highest BCUT2D eigenvalue weighted by Crippen LogP contribution is 2.42. The van der Waals surface area contributed by atoms with Crippen LogP contribution in [0.2, 0.25) is 0 Å². The van der Waals surface area contributed by atoms with E-state index in [-0.39, 0.29) is 0 Å². The van der Waals surface area contributed by atoms with E-state index >= 15 is 0 Å². The van der Waals surface area contributed by atoms with Crippen molar-refractivity contribution in [2.75, 3.05) is 16.8 Å². The molecule has 0 amide bonds. The predicted octanol–water partition coefficient (Wildman–Crippen LogP) is 8.97. The summed E-state index contributed by atoms with van der Waals surface area (Å²) in [5.74, 6) is 0. The first-order valence-electron chi connectivity index (χ1n) is 12.3. The van der Waals surface area contributed by atoms with Gasteiger partial charge in [0, 0.05) is 35.5 Å². The number of aryl methyl sites for hydroxylation is 5. The average Bonchev–Trinajstić information content (AvgIpc) is 2.86. The molecule has 0 N–H and O–H groups in total. The standard InChI is InChI=1S/C32H36N2/c1-7-26-22-32(27(8-2)21-31(26)33(6)29-15-11-9-13-24(29)4)34(28-19-17-23(3)18-20-28)30-16-12-10-14-25(30)5/h9-22H,7-8H2,1-6H3. The molecular weight excluding hydrogens is 412 g/mol. The van der Waals surface area contributed by atoms with E-state index in [1.54, 1.807) is 0 Å². The zero-order valence-electron chi connectivity index (χ0n) is 21.4. The summed E-state index contributed by atoms with van der Waals surface area (Å²) in [6, 6.07) is 31.0. The summed E-state index contributed by atoms with van der Waals surface area (Å²) < 4.78 is 0. The number of anilines is 5. The maximum absolute atomic E-state index is 2.43. The summed E-state index contributed by atoms with van der Waals surface area (Å²) in [5, 5.41) is 0. The lowest BCUT2D eigenvalue weighted by Gasteiger charge is -2.32. The van der Waals surface area contributed by atoms with E-state index in [1.165, 1.54) is 56.3 Å². The number of benzene rings is 4. The Hall–Kier alpha value is -3.52. The highest BCUT2D eigenvalue weighted by atomic mass is 15.2. The van der Waals surface area contributed by atoms with Crippen LogP contribution in [-0.4, -0.2) is 7.05 Å². The first-order chi connectivity index (χ1) is 16.4. The molecule has 0 heterocycles. The second-order valence-corrected chi connectivity index (χ2v) is 9.12. The van der Waals surface area contributed by atoms with Crippen LogP contribution in [0, 0.1) is 20.8 Å². The van der Waals surface area contributed by atoms with Crippen LogP contribution in [-0.2, 0) is 12.8 Å². The van der Waals surface area contributed by atoms with E-state index in [4.69, 9.17) is 0 Å². The molecule has 4 aromatic rings. The lowest BCUT2D eigenvalue weighted by Crippen LogP contribution is -2.17. The molecule has 2 nitrogen and oxygen atoms in total. The van der Waals surface area contributed by atoms with E-state index in [1.807, 2.05) is 0 Å². The number of nitrogens with zero attached hydrogens (tertiary/aromatic N) is 2. The molecule has 0 unspecified atom stereocenters. The maximum atomic E-state index is 2.43. The van der Waals surface area contributed by atoms with Crippen molar-refractivity contribution in [1.29, 1.82) is 0 Å². The molecule has 0 aliphatic heterocycles. The third kappa shape index (κ3) is 4.59.